The van der Waals surface area contributed by atoms with Gasteiger partial charge < -0.3 is 15.8 Å². The topological polar surface area (TPSA) is 73.1 Å². The maximum absolute atomic E-state index is 13.3. The third kappa shape index (κ3) is 2.15. The van der Waals surface area contributed by atoms with Crippen LogP contribution in [0.1, 0.15) is 13.3 Å². The molecule has 1 unspecified atom stereocenters. The molecule has 0 radical (unpaired) electrons. The van der Waals surface area contributed by atoms with Crippen molar-refractivity contribution in [3.05, 3.63) is 12.0 Å². The molecule has 1 aliphatic heterocycles. The molecule has 5 nitrogen and oxygen atoms in total. The fourth-order valence-corrected chi connectivity index (χ4v) is 1.52. The minimum atomic E-state index is -0.502. The van der Waals surface area contributed by atoms with E-state index in [1.807, 2.05) is 6.92 Å². The van der Waals surface area contributed by atoms with E-state index in [4.69, 9.17) is 10.5 Å². The zero-order valence-electron chi connectivity index (χ0n) is 8.46. The van der Waals surface area contributed by atoms with Gasteiger partial charge in [-0.2, -0.15) is 4.98 Å². The van der Waals surface area contributed by atoms with Crippen molar-refractivity contribution in [2.75, 3.05) is 24.3 Å². The smallest absolute Gasteiger partial charge is 0.222 e. The van der Waals surface area contributed by atoms with Gasteiger partial charge in [0.2, 0.25) is 5.95 Å². The molecule has 0 spiro atoms. The minimum absolute atomic E-state index is 0.0569. The van der Waals surface area contributed by atoms with Crippen LogP contribution in [-0.2, 0) is 4.74 Å². The number of ether oxygens (including phenoxy) is 1. The number of nitrogens with two attached hydrogens (primary N) is 1. The molecular weight excluding hydrogens is 199 g/mol. The molecule has 15 heavy (non-hydrogen) atoms. The lowest BCUT2D eigenvalue weighted by Crippen LogP contribution is -2.35. The third-order valence-corrected chi connectivity index (χ3v) is 2.40. The van der Waals surface area contributed by atoms with Crippen molar-refractivity contribution in [3.8, 4) is 0 Å². The summed E-state index contributed by atoms with van der Waals surface area (Å²) in [6.45, 7) is 3.17. The molecule has 0 amide bonds. The highest BCUT2D eigenvalue weighted by molar-refractivity contribution is 5.41. The Balaban J connectivity index is 2.19. The van der Waals surface area contributed by atoms with E-state index in [0.29, 0.717) is 13.2 Å². The van der Waals surface area contributed by atoms with E-state index >= 15 is 0 Å². The lowest BCUT2D eigenvalue weighted by molar-refractivity contribution is 0.185. The normalized spacial score (nSPS) is 25.5. The summed E-state index contributed by atoms with van der Waals surface area (Å²) in [7, 11) is 0. The fraction of sp³-hybridized carbons (Fsp3) is 0.556. The van der Waals surface area contributed by atoms with Crippen molar-refractivity contribution < 1.29 is 9.13 Å². The Kier molecular flexibility index (Phi) is 2.44. The molecule has 6 heteroatoms. The summed E-state index contributed by atoms with van der Waals surface area (Å²) < 4.78 is 18.6. The molecule has 82 valence electrons. The Morgan fingerprint density at radius 3 is 3.13 bits per heavy atom. The molecule has 0 aromatic carbocycles. The summed E-state index contributed by atoms with van der Waals surface area (Å²) in [6, 6.07) is 0. The van der Waals surface area contributed by atoms with Gasteiger partial charge in [-0.3, -0.25) is 0 Å². The third-order valence-electron chi connectivity index (χ3n) is 2.40. The van der Waals surface area contributed by atoms with Crippen LogP contribution in [0.5, 0.6) is 0 Å². The Morgan fingerprint density at radius 1 is 1.67 bits per heavy atom. The van der Waals surface area contributed by atoms with E-state index in [0.717, 1.165) is 12.6 Å². The Labute approximate surface area is 86.9 Å². The highest BCUT2D eigenvalue weighted by Gasteiger charge is 2.30. The number of halogens is 1. The van der Waals surface area contributed by atoms with Crippen LogP contribution in [0.15, 0.2) is 6.20 Å². The molecule has 2 heterocycles. The van der Waals surface area contributed by atoms with Crippen molar-refractivity contribution in [2.24, 2.45) is 0 Å². The zero-order chi connectivity index (χ0) is 10.9. The second-order valence-electron chi connectivity index (χ2n) is 3.91. The van der Waals surface area contributed by atoms with Crippen molar-refractivity contribution in [1.82, 2.24) is 9.97 Å². The predicted octanol–water partition coefficient (Wildman–Crippen LogP) is 0.789. The average Bonchev–Trinajstić information content (AvgIpc) is 2.59. The Hall–Kier alpha value is -1.43. The van der Waals surface area contributed by atoms with Crippen LogP contribution in [0.3, 0.4) is 0 Å². The predicted molar refractivity (Wildman–Crippen MR) is 53.9 cm³/mol. The van der Waals surface area contributed by atoms with Crippen LogP contribution in [0.2, 0.25) is 0 Å². The highest BCUT2D eigenvalue weighted by atomic mass is 19.1. The molecule has 1 fully saturated rings. The first-order valence-electron chi connectivity index (χ1n) is 4.73. The number of anilines is 2. The van der Waals surface area contributed by atoms with Crippen LogP contribution in [0.25, 0.3) is 0 Å². The maximum Gasteiger partial charge on any atom is 0.222 e. The standard InChI is InChI=1S/C9H13FN4O/c1-9(2-3-15-5-9)14-7-6(10)4-12-8(11)13-7/h4H,2-3,5H2,1H3,(H3,11,12,13,14). The van der Waals surface area contributed by atoms with E-state index in [-0.39, 0.29) is 17.3 Å². The van der Waals surface area contributed by atoms with E-state index in [1.54, 1.807) is 0 Å². The molecule has 0 bridgehead atoms. The number of rotatable bonds is 2. The number of nitrogens with zero attached hydrogens (tertiary/aromatic N) is 2. The van der Waals surface area contributed by atoms with E-state index in [1.165, 1.54) is 0 Å². The largest absolute Gasteiger partial charge is 0.379 e. The van der Waals surface area contributed by atoms with Crippen LogP contribution in [0, 0.1) is 5.82 Å². The van der Waals surface area contributed by atoms with Gasteiger partial charge in [0.05, 0.1) is 18.3 Å². The van der Waals surface area contributed by atoms with Gasteiger partial charge in [0.25, 0.3) is 0 Å². The summed E-state index contributed by atoms with van der Waals surface area (Å²) in [5.74, 6) is -0.311. The van der Waals surface area contributed by atoms with Crippen LogP contribution >= 0.6 is 0 Å². The van der Waals surface area contributed by atoms with E-state index in [9.17, 15) is 4.39 Å². The second-order valence-corrected chi connectivity index (χ2v) is 3.91. The fourth-order valence-electron chi connectivity index (χ4n) is 1.52. The van der Waals surface area contributed by atoms with E-state index in [2.05, 4.69) is 15.3 Å². The average molecular weight is 212 g/mol. The van der Waals surface area contributed by atoms with Crippen LogP contribution in [-0.4, -0.2) is 28.7 Å². The zero-order valence-corrected chi connectivity index (χ0v) is 8.46. The molecule has 2 rings (SSSR count). The molecule has 3 N–H and O–H groups in total. The van der Waals surface area contributed by atoms with Gasteiger partial charge in [0.15, 0.2) is 11.6 Å². The van der Waals surface area contributed by atoms with Gasteiger partial charge >= 0.3 is 0 Å². The first-order valence-corrected chi connectivity index (χ1v) is 4.73. The lowest BCUT2D eigenvalue weighted by atomic mass is 10.0. The molecule has 1 aromatic heterocycles. The molecular formula is C9H13FN4O. The Morgan fingerprint density at radius 2 is 2.47 bits per heavy atom. The van der Waals surface area contributed by atoms with Crippen molar-refractivity contribution in [3.63, 3.8) is 0 Å². The molecule has 1 aromatic rings. The maximum atomic E-state index is 13.3. The Bertz CT molecular complexity index is 365. The highest BCUT2D eigenvalue weighted by Crippen LogP contribution is 2.24. The van der Waals surface area contributed by atoms with Gasteiger partial charge in [-0.15, -0.1) is 0 Å². The second kappa shape index (κ2) is 3.62. The summed E-state index contributed by atoms with van der Waals surface area (Å²) in [5, 5.41) is 3.00. The number of hydrogen-bond donors (Lipinski definition) is 2. The SMILES string of the molecule is CC1(Nc2nc(N)ncc2F)CCOC1. The molecule has 1 saturated heterocycles. The van der Waals surface area contributed by atoms with Gasteiger partial charge in [0, 0.05) is 6.61 Å². The lowest BCUT2D eigenvalue weighted by Gasteiger charge is -2.24. The summed E-state index contributed by atoms with van der Waals surface area (Å²) in [4.78, 5) is 7.36. The summed E-state index contributed by atoms with van der Waals surface area (Å²) in [6.07, 6.45) is 1.88. The summed E-state index contributed by atoms with van der Waals surface area (Å²) in [5.41, 5.74) is 5.11. The quantitative estimate of drug-likeness (QED) is 0.758. The van der Waals surface area contributed by atoms with Gasteiger partial charge in [0.1, 0.15) is 0 Å². The van der Waals surface area contributed by atoms with Crippen molar-refractivity contribution >= 4 is 11.8 Å². The number of aromatic nitrogens is 2. The first kappa shape index (κ1) is 10.1. The minimum Gasteiger partial charge on any atom is -0.379 e. The van der Waals surface area contributed by atoms with Gasteiger partial charge in [-0.05, 0) is 13.3 Å². The van der Waals surface area contributed by atoms with Crippen LogP contribution < -0.4 is 11.1 Å². The molecule has 0 saturated carbocycles. The molecule has 1 aliphatic rings. The van der Waals surface area contributed by atoms with Crippen molar-refractivity contribution in [1.29, 1.82) is 0 Å². The summed E-state index contributed by atoms with van der Waals surface area (Å²) >= 11 is 0. The molecule has 0 aliphatic carbocycles. The van der Waals surface area contributed by atoms with E-state index < -0.39 is 5.82 Å². The van der Waals surface area contributed by atoms with Crippen molar-refractivity contribution in [2.45, 2.75) is 18.9 Å². The number of nitrogen functional groups attached to an aromatic ring is 1. The first-order chi connectivity index (χ1) is 7.09. The number of hydrogen-bond acceptors (Lipinski definition) is 5. The van der Waals surface area contributed by atoms with Gasteiger partial charge in [-0.25, -0.2) is 9.37 Å². The monoisotopic (exact) mass is 212 g/mol. The molecule has 1 atom stereocenters. The van der Waals surface area contributed by atoms with Gasteiger partial charge in [-0.1, -0.05) is 0 Å². The number of nitrogens with one attached hydrogen (secondary N) is 1. The van der Waals surface area contributed by atoms with Crippen LogP contribution in [0.4, 0.5) is 16.2 Å².